The highest BCUT2D eigenvalue weighted by Crippen LogP contribution is 2.31. The van der Waals surface area contributed by atoms with Crippen LogP contribution in [0, 0.1) is 23.7 Å². The Morgan fingerprint density at radius 2 is 1.02 bits per heavy atom. The summed E-state index contributed by atoms with van der Waals surface area (Å²) in [5, 5.41) is 82.2. The van der Waals surface area contributed by atoms with E-state index in [0.29, 0.717) is 58.4 Å². The van der Waals surface area contributed by atoms with Gasteiger partial charge in [-0.05, 0) is 113 Å². The lowest BCUT2D eigenvalue weighted by Crippen LogP contribution is -2.49. The van der Waals surface area contributed by atoms with Crippen molar-refractivity contribution >= 4 is 119 Å². The quantitative estimate of drug-likeness (QED) is 0.0219. The second-order valence-corrected chi connectivity index (χ2v) is 35.7. The Morgan fingerprint density at radius 1 is 0.532 bits per heavy atom. The molecule has 11 rings (SSSR count). The van der Waals surface area contributed by atoms with Crippen LogP contribution in [-0.2, 0) is 119 Å². The lowest BCUT2D eigenvalue weighted by molar-refractivity contribution is -0.134. The number of phenolic OH excluding ortho intramolecular Hbond substituents is 4. The molecule has 5 heterocycles. The highest BCUT2D eigenvalue weighted by molar-refractivity contribution is 7.16. The van der Waals surface area contributed by atoms with Gasteiger partial charge in [0.25, 0.3) is 0 Å². The third-order valence-corrected chi connectivity index (χ3v) is 24.6. The zero-order chi connectivity index (χ0) is 90.9. The lowest BCUT2D eigenvalue weighted by atomic mass is 9.92. The molecule has 0 radical (unpaired) electrons. The number of hydrogen-bond acceptors (Lipinski definition) is 29. The highest BCUT2D eigenvalue weighted by Gasteiger charge is 2.33. The van der Waals surface area contributed by atoms with Crippen LogP contribution >= 0.6 is 45.3 Å². The third kappa shape index (κ3) is 31.8. The number of aryl methyl sites for hydroxylation is 1. The number of Topliss-reactive ketones (excluding diaryl/α,β-unsaturated/α-hetero) is 4. The third-order valence-electron chi connectivity index (χ3n) is 20.7. The topological polar surface area (TPSA) is 532 Å². The average molecular weight is 1800 g/mol. The summed E-state index contributed by atoms with van der Waals surface area (Å²) in [6.07, 6.45) is 9.64. The molecule has 0 fully saturated rings. The van der Waals surface area contributed by atoms with Crippen molar-refractivity contribution < 1.29 is 78.6 Å². The SMILES string of the molecule is C[C@@H](CC(=O)[C@H](Cc1ccccc1)NC(=O)[C@@H](C)CC(=O)[C@@H](N)Cc1ccc(O)cc1)C(=O)N[C@@H](Cc1ccc(O)cc1)C(N)=O.C[C@H]1CC(=O)[C@H](Cc2ccccc2)NC(=O)[C@@H](C)CC(=O)[C@@H](N)Cc2ccc(O)c(c2)Cc2cnc(s2)NCCNc2ncc(s2)Cc2cc(ccc2O)C[C@@H](C(N)=O)NC1=O.OCc1cnc(CCCNc2ncc(CO)s2)s1. The van der Waals surface area contributed by atoms with Gasteiger partial charge in [0.05, 0.1) is 52.1 Å². The predicted molar refractivity (Wildman–Crippen MR) is 484 cm³/mol. The van der Waals surface area contributed by atoms with E-state index in [-0.39, 0.29) is 112 Å². The number of nitrogens with two attached hydrogens (primary N) is 4. The molecule has 0 unspecified atom stereocenters. The molecule has 6 amide bonds. The molecule has 10 atom stereocenters. The van der Waals surface area contributed by atoms with Gasteiger partial charge < -0.3 is 90.8 Å². The molecule has 4 aromatic heterocycles. The first kappa shape index (κ1) is 97.6. The zero-order valence-electron chi connectivity index (χ0n) is 70.4. The minimum Gasteiger partial charge on any atom is -0.508 e. The van der Waals surface area contributed by atoms with Gasteiger partial charge in [-0.15, -0.1) is 34.0 Å². The van der Waals surface area contributed by atoms with Crippen molar-refractivity contribution in [3.05, 3.63) is 239 Å². The van der Waals surface area contributed by atoms with Crippen LogP contribution < -0.4 is 60.2 Å². The summed E-state index contributed by atoms with van der Waals surface area (Å²) in [7, 11) is 0. The molecule has 1 aliphatic rings. The van der Waals surface area contributed by atoms with E-state index >= 15 is 0 Å². The average Bonchev–Trinajstić information content (AvgIpc) is 1.60. The number of aliphatic hydroxyl groups is 2. The summed E-state index contributed by atoms with van der Waals surface area (Å²) in [6.45, 7) is 8.32. The fourth-order valence-electron chi connectivity index (χ4n) is 13.4. The minimum absolute atomic E-state index is 0.0414. The van der Waals surface area contributed by atoms with E-state index in [1.807, 2.05) is 66.7 Å². The number of rotatable bonds is 27. The largest absolute Gasteiger partial charge is 0.508 e. The van der Waals surface area contributed by atoms with Gasteiger partial charge in [-0.1, -0.05) is 148 Å². The molecular formula is C91H109N15O16S4. The van der Waals surface area contributed by atoms with Crippen molar-refractivity contribution in [2.45, 2.75) is 167 Å². The van der Waals surface area contributed by atoms with Crippen LogP contribution in [0.3, 0.4) is 0 Å². The molecule has 6 aromatic carbocycles. The normalized spacial score (nSPS) is 17.3. The molecule has 0 saturated carbocycles. The maximum Gasteiger partial charge on any atom is 0.240 e. The first-order chi connectivity index (χ1) is 60.3. The van der Waals surface area contributed by atoms with Crippen molar-refractivity contribution in [3.8, 4) is 23.0 Å². The summed E-state index contributed by atoms with van der Waals surface area (Å²) >= 11 is 5.92. The number of nitrogens with one attached hydrogen (secondary N) is 7. The van der Waals surface area contributed by atoms with E-state index in [1.54, 1.807) is 112 Å². The maximum atomic E-state index is 13.9. The molecule has 0 aliphatic carbocycles. The zero-order valence-corrected chi connectivity index (χ0v) is 73.6. The first-order valence-electron chi connectivity index (χ1n) is 41.2. The van der Waals surface area contributed by atoms with Crippen LogP contribution in [0.5, 0.6) is 23.0 Å². The molecule has 21 N–H and O–H groups in total. The number of aliphatic hydroxyl groups excluding tert-OH is 2. The van der Waals surface area contributed by atoms with E-state index in [1.165, 1.54) is 64.3 Å². The van der Waals surface area contributed by atoms with Gasteiger partial charge in [-0.3, -0.25) is 47.9 Å². The number of aromatic nitrogens is 4. The first-order valence-corrected chi connectivity index (χ1v) is 44.5. The van der Waals surface area contributed by atoms with Crippen molar-refractivity contribution in [2.75, 3.05) is 35.6 Å². The number of amides is 6. The minimum atomic E-state index is -1.11. The van der Waals surface area contributed by atoms with Crippen LogP contribution in [0.15, 0.2) is 170 Å². The summed E-state index contributed by atoms with van der Waals surface area (Å²) in [5.41, 5.74) is 29.4. The van der Waals surface area contributed by atoms with Gasteiger partial charge in [0.15, 0.2) is 38.5 Å². The number of ketones is 4. The number of anilines is 3. The van der Waals surface area contributed by atoms with E-state index in [2.05, 4.69) is 57.2 Å². The lowest BCUT2D eigenvalue weighted by Gasteiger charge is -2.23. The summed E-state index contributed by atoms with van der Waals surface area (Å²) in [5.74, 6) is -8.13. The standard InChI is InChI=1S/C45H52N8O7S2.C35H42N4O7.C11H15N3O2S2/c1-25-14-39(56)34(46)18-28-8-10-37(54)30(16-28)21-32-23-50-44(61-32)48-12-13-49-45-51-24-33(62-45)22-31-17-29(9-11-38(31)55)20-36(41(47)58)53-43(60)26(2)15-40(57)35(52-42(25)59)19-27-6-4-3-5-7-27;1-21(16-31(42)28(36)18-24-8-12-26(40)13-9-24)34(45)38-29(19-23-6-4-3-5-7-23)32(43)17-22(2)35(46)39-30(33(37)44)20-25-10-14-27(41)15-11-25;15-6-8-4-13-10(17-8)2-1-3-12-11-14-5-9(7-16)18-11/h3-11,16-17,23-26,34-36,54-55H,12-15,18-22,46H2,1-2H3,(H2,47,58)(H,48,50)(H,49,51)(H,52,59)(H,53,60);3-15,21-22,28-30,40-41H,16-20,36H2,1-2H3,(H2,37,44)(H,38,45)(H,39,46);4-5,15-16H,1-3,6-7H2,(H,12,14)/t25-,26-,34-,35-,36-;21-,22-,28-,29-,30-;/m00./s1. The van der Waals surface area contributed by atoms with Gasteiger partial charge in [-0.25, -0.2) is 19.9 Å². The van der Waals surface area contributed by atoms with Crippen molar-refractivity contribution in [3.63, 3.8) is 0 Å². The Bertz CT molecular complexity index is 5240. The molecule has 31 nitrogen and oxygen atoms in total. The summed E-state index contributed by atoms with van der Waals surface area (Å²) in [4.78, 5) is 152. The molecule has 8 bridgehead atoms. The number of benzene rings is 6. The molecule has 126 heavy (non-hydrogen) atoms. The Labute approximate surface area is 746 Å². The van der Waals surface area contributed by atoms with Gasteiger partial charge in [0.2, 0.25) is 35.4 Å². The van der Waals surface area contributed by atoms with Crippen LogP contribution in [-0.4, -0.2) is 165 Å². The number of fused-ring (bicyclic) bond motifs is 8. The number of carbonyl (C=O) groups is 10. The fourth-order valence-corrected chi connectivity index (χ4v) is 16.7. The van der Waals surface area contributed by atoms with Crippen LogP contribution in [0.4, 0.5) is 15.4 Å². The Morgan fingerprint density at radius 3 is 1.55 bits per heavy atom. The van der Waals surface area contributed by atoms with Crippen molar-refractivity contribution in [1.82, 2.24) is 41.2 Å². The molecule has 668 valence electrons. The number of aromatic hydroxyl groups is 4. The second kappa shape index (κ2) is 48.9. The predicted octanol–water partition coefficient (Wildman–Crippen LogP) is 7.76. The maximum absolute atomic E-state index is 13.9. The fraction of sp³-hybridized carbons (Fsp3) is 0.363. The molecule has 0 saturated heterocycles. The molecule has 10 aromatic rings. The van der Waals surface area contributed by atoms with Crippen molar-refractivity contribution in [2.24, 2.45) is 46.6 Å². The number of phenols is 4. The number of nitrogens with zero attached hydrogens (tertiary/aromatic N) is 4. The Kier molecular flexibility index (Phi) is 37.9. The number of carbonyl (C=O) groups excluding carboxylic acids is 10. The van der Waals surface area contributed by atoms with Gasteiger partial charge in [0.1, 0.15) is 35.1 Å². The number of thiazole rings is 4. The Hall–Kier alpha value is -12.2. The highest BCUT2D eigenvalue weighted by atomic mass is 32.1. The molecule has 1 aliphatic heterocycles. The molecular weight excluding hydrogens is 1690 g/mol. The van der Waals surface area contributed by atoms with Crippen LogP contribution in [0.2, 0.25) is 0 Å². The van der Waals surface area contributed by atoms with E-state index < -0.39 is 107 Å². The van der Waals surface area contributed by atoms with Gasteiger partial charge in [0, 0.05) is 136 Å². The molecule has 0 spiro atoms. The monoisotopic (exact) mass is 1800 g/mol. The number of hydrogen-bond donors (Lipinski definition) is 17. The van der Waals surface area contributed by atoms with Crippen LogP contribution in [0.1, 0.15) is 129 Å². The summed E-state index contributed by atoms with van der Waals surface area (Å²) in [6, 6.07) is 34.8. The van der Waals surface area contributed by atoms with E-state index in [9.17, 15) is 68.4 Å². The van der Waals surface area contributed by atoms with Gasteiger partial charge in [-0.2, -0.15) is 0 Å². The molecule has 35 heteroatoms. The van der Waals surface area contributed by atoms with E-state index in [4.69, 9.17) is 33.1 Å². The smallest absolute Gasteiger partial charge is 0.240 e. The van der Waals surface area contributed by atoms with Crippen LogP contribution in [0.25, 0.3) is 0 Å². The number of primary amides is 2. The van der Waals surface area contributed by atoms with Crippen molar-refractivity contribution in [1.29, 1.82) is 0 Å². The second-order valence-electron chi connectivity index (χ2n) is 31.2. The van der Waals surface area contributed by atoms with E-state index in [0.717, 1.165) is 71.3 Å². The summed E-state index contributed by atoms with van der Waals surface area (Å²) < 4.78 is 0. The van der Waals surface area contributed by atoms with Gasteiger partial charge >= 0.3 is 0 Å². The Balaban J connectivity index is 0.000000244.